The molecule has 0 amide bonds. The van der Waals surface area contributed by atoms with Crippen molar-refractivity contribution in [3.63, 3.8) is 0 Å². The molecular formula is C15H24ClNO2. The monoisotopic (exact) mass is 285 g/mol. The van der Waals surface area contributed by atoms with Crippen LogP contribution in [0.5, 0.6) is 5.75 Å². The Kier molecular flexibility index (Phi) is 7.21. The lowest BCUT2D eigenvalue weighted by molar-refractivity contribution is 0.0802. The first kappa shape index (κ1) is 16.3. The Morgan fingerprint density at radius 1 is 1.26 bits per heavy atom. The Morgan fingerprint density at radius 2 is 2.00 bits per heavy atom. The minimum atomic E-state index is -0.0388. The van der Waals surface area contributed by atoms with E-state index in [4.69, 9.17) is 21.1 Å². The summed E-state index contributed by atoms with van der Waals surface area (Å²) in [5.41, 5.74) is 1.13. The Labute approximate surface area is 121 Å². The Bertz CT molecular complexity index is 382. The highest BCUT2D eigenvalue weighted by molar-refractivity contribution is 6.32. The van der Waals surface area contributed by atoms with Crippen LogP contribution in [0.2, 0.25) is 5.02 Å². The minimum absolute atomic E-state index is 0.0388. The van der Waals surface area contributed by atoms with Crippen LogP contribution in [0.1, 0.15) is 19.4 Å². The molecule has 0 heterocycles. The van der Waals surface area contributed by atoms with Gasteiger partial charge in [0.1, 0.15) is 11.9 Å². The number of methoxy groups -OCH3 is 1. The highest BCUT2D eigenvalue weighted by Gasteiger charge is 2.12. The summed E-state index contributed by atoms with van der Waals surface area (Å²) in [6, 6.07) is 5.78. The molecule has 0 bridgehead atoms. The van der Waals surface area contributed by atoms with Crippen molar-refractivity contribution in [1.82, 2.24) is 5.32 Å². The number of rotatable bonds is 8. The molecule has 1 N–H and O–H groups in total. The van der Waals surface area contributed by atoms with Gasteiger partial charge in [-0.15, -0.1) is 0 Å². The van der Waals surface area contributed by atoms with Crippen LogP contribution in [0.25, 0.3) is 0 Å². The molecule has 1 aromatic rings. The van der Waals surface area contributed by atoms with E-state index in [1.54, 1.807) is 7.11 Å². The van der Waals surface area contributed by atoms with Crippen molar-refractivity contribution in [3.8, 4) is 5.75 Å². The van der Waals surface area contributed by atoms with Crippen LogP contribution in [-0.2, 0) is 4.74 Å². The summed E-state index contributed by atoms with van der Waals surface area (Å²) in [5.74, 6) is 1.33. The molecule has 0 saturated heterocycles. The van der Waals surface area contributed by atoms with E-state index in [2.05, 4.69) is 19.2 Å². The van der Waals surface area contributed by atoms with E-state index in [0.717, 1.165) is 24.4 Å². The smallest absolute Gasteiger partial charge is 0.138 e. The van der Waals surface area contributed by atoms with Gasteiger partial charge in [-0.05, 0) is 37.1 Å². The Morgan fingerprint density at radius 3 is 2.63 bits per heavy atom. The first-order chi connectivity index (χ1) is 9.02. The molecule has 4 heteroatoms. The van der Waals surface area contributed by atoms with E-state index in [1.165, 1.54) is 0 Å². The topological polar surface area (TPSA) is 30.5 Å². The van der Waals surface area contributed by atoms with Crippen LogP contribution in [0.15, 0.2) is 18.2 Å². The summed E-state index contributed by atoms with van der Waals surface area (Å²) < 4.78 is 11.1. The van der Waals surface area contributed by atoms with E-state index >= 15 is 0 Å². The van der Waals surface area contributed by atoms with Crippen molar-refractivity contribution >= 4 is 11.6 Å². The molecule has 0 spiro atoms. The van der Waals surface area contributed by atoms with Crippen LogP contribution in [0.3, 0.4) is 0 Å². The third-order valence-corrected chi connectivity index (χ3v) is 2.97. The van der Waals surface area contributed by atoms with Gasteiger partial charge in [-0.25, -0.2) is 0 Å². The van der Waals surface area contributed by atoms with Crippen molar-refractivity contribution < 1.29 is 9.47 Å². The first-order valence-corrected chi connectivity index (χ1v) is 7.03. The third-order valence-electron chi connectivity index (χ3n) is 2.66. The predicted molar refractivity (Wildman–Crippen MR) is 80.2 cm³/mol. The van der Waals surface area contributed by atoms with Crippen molar-refractivity contribution in [1.29, 1.82) is 0 Å². The zero-order valence-corrected chi connectivity index (χ0v) is 13.0. The number of hydrogen-bond donors (Lipinski definition) is 1. The Balaban J connectivity index is 2.58. The van der Waals surface area contributed by atoms with Gasteiger partial charge in [-0.2, -0.15) is 0 Å². The number of aryl methyl sites for hydroxylation is 1. The summed E-state index contributed by atoms with van der Waals surface area (Å²) in [6.07, 6.45) is -0.0388. The molecule has 0 saturated carbocycles. The molecule has 0 radical (unpaired) electrons. The Hall–Kier alpha value is -0.770. The first-order valence-electron chi connectivity index (χ1n) is 6.65. The third kappa shape index (κ3) is 6.28. The second-order valence-corrected chi connectivity index (χ2v) is 5.59. The highest BCUT2D eigenvalue weighted by Crippen LogP contribution is 2.26. The zero-order chi connectivity index (χ0) is 14.3. The van der Waals surface area contributed by atoms with Crippen molar-refractivity contribution in [2.75, 3.05) is 26.8 Å². The van der Waals surface area contributed by atoms with Crippen LogP contribution >= 0.6 is 11.6 Å². The van der Waals surface area contributed by atoms with Gasteiger partial charge in [0.15, 0.2) is 0 Å². The van der Waals surface area contributed by atoms with Gasteiger partial charge in [-0.3, -0.25) is 0 Å². The van der Waals surface area contributed by atoms with Crippen molar-refractivity contribution in [2.45, 2.75) is 26.9 Å². The number of halogens is 1. The van der Waals surface area contributed by atoms with Gasteiger partial charge in [-0.1, -0.05) is 31.5 Å². The molecule has 1 unspecified atom stereocenters. The number of nitrogens with one attached hydrogen (secondary N) is 1. The maximum absolute atomic E-state index is 6.14. The fraction of sp³-hybridized carbons (Fsp3) is 0.600. The summed E-state index contributed by atoms with van der Waals surface area (Å²) in [4.78, 5) is 0. The molecule has 0 aliphatic rings. The molecule has 3 nitrogen and oxygen atoms in total. The van der Waals surface area contributed by atoms with Crippen LogP contribution in [-0.4, -0.2) is 32.9 Å². The zero-order valence-electron chi connectivity index (χ0n) is 12.2. The quantitative estimate of drug-likeness (QED) is 0.795. The summed E-state index contributed by atoms with van der Waals surface area (Å²) in [6.45, 7) is 8.62. The lowest BCUT2D eigenvalue weighted by Crippen LogP contribution is -2.36. The molecule has 1 rings (SSSR count). The largest absolute Gasteiger partial charge is 0.485 e. The number of hydrogen-bond acceptors (Lipinski definition) is 3. The van der Waals surface area contributed by atoms with E-state index in [-0.39, 0.29) is 6.10 Å². The molecule has 1 aromatic carbocycles. The van der Waals surface area contributed by atoms with Crippen molar-refractivity contribution in [3.05, 3.63) is 28.8 Å². The lowest BCUT2D eigenvalue weighted by atomic mass is 10.2. The van der Waals surface area contributed by atoms with E-state index in [0.29, 0.717) is 17.5 Å². The van der Waals surface area contributed by atoms with Gasteiger partial charge in [0, 0.05) is 13.7 Å². The lowest BCUT2D eigenvalue weighted by Gasteiger charge is -2.20. The maximum atomic E-state index is 6.14. The van der Waals surface area contributed by atoms with E-state index in [9.17, 15) is 0 Å². The molecule has 19 heavy (non-hydrogen) atoms. The molecule has 108 valence electrons. The molecular weight excluding hydrogens is 262 g/mol. The van der Waals surface area contributed by atoms with Crippen LogP contribution in [0, 0.1) is 12.8 Å². The second-order valence-electron chi connectivity index (χ2n) is 5.18. The SMILES string of the molecule is COCC(CNCC(C)C)Oc1cc(C)ccc1Cl. The number of ether oxygens (including phenoxy) is 2. The number of benzene rings is 1. The molecule has 0 fully saturated rings. The molecule has 0 aromatic heterocycles. The predicted octanol–water partition coefficient (Wildman–Crippen LogP) is 3.29. The average Bonchev–Trinajstić information content (AvgIpc) is 2.33. The minimum Gasteiger partial charge on any atom is -0.485 e. The summed E-state index contributed by atoms with van der Waals surface area (Å²) in [5, 5.41) is 4.01. The molecule has 0 aliphatic carbocycles. The fourth-order valence-electron chi connectivity index (χ4n) is 1.73. The van der Waals surface area contributed by atoms with Gasteiger partial charge >= 0.3 is 0 Å². The molecule has 1 atom stereocenters. The summed E-state index contributed by atoms with van der Waals surface area (Å²) in [7, 11) is 1.68. The van der Waals surface area contributed by atoms with Crippen LogP contribution in [0.4, 0.5) is 0 Å². The normalized spacial score (nSPS) is 12.7. The van der Waals surface area contributed by atoms with Gasteiger partial charge in [0.05, 0.1) is 11.6 Å². The van der Waals surface area contributed by atoms with E-state index < -0.39 is 0 Å². The molecule has 0 aliphatic heterocycles. The highest BCUT2D eigenvalue weighted by atomic mass is 35.5. The van der Waals surface area contributed by atoms with Crippen molar-refractivity contribution in [2.24, 2.45) is 5.92 Å². The fourth-order valence-corrected chi connectivity index (χ4v) is 1.90. The second kappa shape index (κ2) is 8.41. The summed E-state index contributed by atoms with van der Waals surface area (Å²) >= 11 is 6.14. The maximum Gasteiger partial charge on any atom is 0.138 e. The van der Waals surface area contributed by atoms with Gasteiger partial charge in [0.2, 0.25) is 0 Å². The van der Waals surface area contributed by atoms with Crippen LogP contribution < -0.4 is 10.1 Å². The van der Waals surface area contributed by atoms with Gasteiger partial charge < -0.3 is 14.8 Å². The average molecular weight is 286 g/mol. The van der Waals surface area contributed by atoms with Gasteiger partial charge in [0.25, 0.3) is 0 Å². The van der Waals surface area contributed by atoms with E-state index in [1.807, 2.05) is 25.1 Å². The standard InChI is InChI=1S/C15H24ClNO2/c1-11(2)8-17-9-13(10-18-4)19-15-7-12(3)5-6-14(15)16/h5-7,11,13,17H,8-10H2,1-4H3.